The van der Waals surface area contributed by atoms with Gasteiger partial charge < -0.3 is 10.0 Å². The van der Waals surface area contributed by atoms with Gasteiger partial charge in [0.1, 0.15) is 6.54 Å². The molecule has 0 saturated carbocycles. The number of carbonyl (C=O) groups is 2. The van der Waals surface area contributed by atoms with E-state index in [4.69, 9.17) is 5.11 Å². The van der Waals surface area contributed by atoms with Crippen LogP contribution >= 0.6 is 0 Å². The third-order valence-electron chi connectivity index (χ3n) is 2.90. The Balaban J connectivity index is 2.78. The van der Waals surface area contributed by atoms with Gasteiger partial charge in [-0.15, -0.1) is 0 Å². The summed E-state index contributed by atoms with van der Waals surface area (Å²) in [5, 5.41) is 8.82. The maximum Gasteiger partial charge on any atom is 0.416 e. The second kappa shape index (κ2) is 7.29. The van der Waals surface area contributed by atoms with Crippen molar-refractivity contribution < 1.29 is 27.9 Å². The van der Waals surface area contributed by atoms with Crippen LogP contribution in [0.1, 0.15) is 25.0 Å². The van der Waals surface area contributed by atoms with E-state index in [1.54, 1.807) is 0 Å². The molecule has 1 aromatic carbocycles. The molecule has 122 valence electrons. The molecule has 0 fully saturated rings. The number of benzene rings is 1. The number of carboxylic acids is 1. The van der Waals surface area contributed by atoms with Crippen LogP contribution in [0.25, 0.3) is 0 Å². The Kier molecular flexibility index (Phi) is 5.96. The number of nitrogens with zero attached hydrogens (tertiary/aromatic N) is 1. The number of hydrogen-bond acceptors (Lipinski definition) is 2. The molecule has 0 aliphatic heterocycles. The lowest BCUT2D eigenvalue weighted by Crippen LogP contribution is -2.39. The number of amides is 1. The molecule has 0 bridgehead atoms. The van der Waals surface area contributed by atoms with Gasteiger partial charge in [0.05, 0.1) is 12.0 Å². The lowest BCUT2D eigenvalue weighted by Gasteiger charge is -2.22. The number of carboxylic acid groups (broad SMARTS) is 1. The van der Waals surface area contributed by atoms with Crippen molar-refractivity contribution >= 4 is 11.9 Å². The number of carbonyl (C=O) groups excluding carboxylic acids is 1. The fourth-order valence-electron chi connectivity index (χ4n) is 1.96. The molecule has 0 aliphatic carbocycles. The summed E-state index contributed by atoms with van der Waals surface area (Å²) >= 11 is 0. The second-order valence-electron chi connectivity index (χ2n) is 5.43. The van der Waals surface area contributed by atoms with Gasteiger partial charge in [-0.1, -0.05) is 26.0 Å². The molecule has 0 saturated heterocycles. The fraction of sp³-hybridized carbons (Fsp3) is 0.467. The molecule has 0 spiro atoms. The zero-order valence-electron chi connectivity index (χ0n) is 12.4. The van der Waals surface area contributed by atoms with E-state index in [1.807, 2.05) is 13.8 Å². The lowest BCUT2D eigenvalue weighted by molar-refractivity contribution is -0.144. The average Bonchev–Trinajstić information content (AvgIpc) is 2.36. The van der Waals surface area contributed by atoms with Gasteiger partial charge in [-0.2, -0.15) is 13.2 Å². The smallest absolute Gasteiger partial charge is 0.416 e. The molecule has 1 N–H and O–H groups in total. The van der Waals surface area contributed by atoms with E-state index in [9.17, 15) is 22.8 Å². The Bertz CT molecular complexity index is 524. The van der Waals surface area contributed by atoms with Crippen LogP contribution in [0.3, 0.4) is 0 Å². The molecule has 0 heterocycles. The Hall–Kier alpha value is -2.05. The zero-order valence-corrected chi connectivity index (χ0v) is 12.4. The Morgan fingerprint density at radius 2 is 1.73 bits per heavy atom. The van der Waals surface area contributed by atoms with Gasteiger partial charge in [0.25, 0.3) is 0 Å². The van der Waals surface area contributed by atoms with Gasteiger partial charge in [-0.25, -0.2) is 0 Å². The van der Waals surface area contributed by atoms with E-state index in [0.717, 1.165) is 12.1 Å². The van der Waals surface area contributed by atoms with Crippen molar-refractivity contribution in [3.63, 3.8) is 0 Å². The van der Waals surface area contributed by atoms with Crippen molar-refractivity contribution in [3.8, 4) is 0 Å². The standard InChI is InChI=1S/C15H18F3NO3/c1-10(2)8-19(9-14(21)22)13(20)7-11-3-5-12(6-4-11)15(16,17)18/h3-6,10H,7-9H2,1-2H3,(H,21,22). The molecule has 1 amide bonds. The maximum absolute atomic E-state index is 12.5. The van der Waals surface area contributed by atoms with Crippen molar-refractivity contribution in [2.45, 2.75) is 26.4 Å². The minimum atomic E-state index is -4.42. The summed E-state index contributed by atoms with van der Waals surface area (Å²) in [5.74, 6) is -1.45. The quantitative estimate of drug-likeness (QED) is 0.878. The molecular weight excluding hydrogens is 299 g/mol. The lowest BCUT2D eigenvalue weighted by atomic mass is 10.1. The number of alkyl halides is 3. The monoisotopic (exact) mass is 317 g/mol. The van der Waals surface area contributed by atoms with Crippen molar-refractivity contribution in [2.24, 2.45) is 5.92 Å². The molecule has 0 aromatic heterocycles. The zero-order chi connectivity index (χ0) is 16.9. The first-order chi connectivity index (χ1) is 10.1. The molecule has 0 radical (unpaired) electrons. The van der Waals surface area contributed by atoms with Crippen molar-refractivity contribution in [3.05, 3.63) is 35.4 Å². The number of hydrogen-bond donors (Lipinski definition) is 1. The van der Waals surface area contributed by atoms with Gasteiger partial charge >= 0.3 is 12.1 Å². The van der Waals surface area contributed by atoms with E-state index in [2.05, 4.69) is 0 Å². The van der Waals surface area contributed by atoms with E-state index in [1.165, 1.54) is 17.0 Å². The topological polar surface area (TPSA) is 57.6 Å². The van der Waals surface area contributed by atoms with E-state index in [-0.39, 0.29) is 18.9 Å². The van der Waals surface area contributed by atoms with Gasteiger partial charge in [0.2, 0.25) is 5.91 Å². The molecule has 0 unspecified atom stereocenters. The van der Waals surface area contributed by atoms with Crippen LogP contribution in [0.5, 0.6) is 0 Å². The van der Waals surface area contributed by atoms with Gasteiger partial charge in [-0.3, -0.25) is 9.59 Å². The van der Waals surface area contributed by atoms with Crippen LogP contribution in [-0.4, -0.2) is 35.0 Å². The number of aliphatic carboxylic acids is 1. The summed E-state index contributed by atoms with van der Waals surface area (Å²) in [4.78, 5) is 24.1. The highest BCUT2D eigenvalue weighted by Crippen LogP contribution is 2.29. The molecule has 0 atom stereocenters. The van der Waals surface area contributed by atoms with E-state index < -0.39 is 30.2 Å². The van der Waals surface area contributed by atoms with Crippen molar-refractivity contribution in [2.75, 3.05) is 13.1 Å². The van der Waals surface area contributed by atoms with Crippen LogP contribution in [0, 0.1) is 5.92 Å². The fourth-order valence-corrected chi connectivity index (χ4v) is 1.96. The molecule has 0 aliphatic rings. The third-order valence-corrected chi connectivity index (χ3v) is 2.90. The first-order valence-electron chi connectivity index (χ1n) is 6.75. The van der Waals surface area contributed by atoms with Crippen LogP contribution in [0.15, 0.2) is 24.3 Å². The SMILES string of the molecule is CC(C)CN(CC(=O)O)C(=O)Cc1ccc(C(F)(F)F)cc1. The minimum absolute atomic E-state index is 0.0934. The predicted molar refractivity (Wildman–Crippen MR) is 74.2 cm³/mol. The molecule has 1 aromatic rings. The highest BCUT2D eigenvalue weighted by molar-refractivity contribution is 5.83. The van der Waals surface area contributed by atoms with Crippen molar-refractivity contribution in [1.82, 2.24) is 4.90 Å². The average molecular weight is 317 g/mol. The normalized spacial score (nSPS) is 11.5. The van der Waals surface area contributed by atoms with E-state index >= 15 is 0 Å². The van der Waals surface area contributed by atoms with Crippen LogP contribution in [0.4, 0.5) is 13.2 Å². The molecule has 7 heteroatoms. The summed E-state index contributed by atoms with van der Waals surface area (Å²) in [6, 6.07) is 4.28. The molecular formula is C15H18F3NO3. The Labute approximate surface area is 126 Å². The number of halogens is 3. The maximum atomic E-state index is 12.5. The second-order valence-corrected chi connectivity index (χ2v) is 5.43. The molecule has 1 rings (SSSR count). The Morgan fingerprint density at radius 1 is 1.18 bits per heavy atom. The first kappa shape index (κ1) is 18.0. The van der Waals surface area contributed by atoms with Gasteiger partial charge in [0, 0.05) is 6.54 Å². The Morgan fingerprint density at radius 3 is 2.14 bits per heavy atom. The summed E-state index contributed by atoms with van der Waals surface area (Å²) in [7, 11) is 0. The third kappa shape index (κ3) is 5.75. The largest absolute Gasteiger partial charge is 0.480 e. The number of rotatable bonds is 6. The van der Waals surface area contributed by atoms with Crippen LogP contribution < -0.4 is 0 Å². The van der Waals surface area contributed by atoms with Crippen molar-refractivity contribution in [1.29, 1.82) is 0 Å². The van der Waals surface area contributed by atoms with Crippen LogP contribution in [0.2, 0.25) is 0 Å². The van der Waals surface area contributed by atoms with E-state index in [0.29, 0.717) is 5.56 Å². The highest BCUT2D eigenvalue weighted by Gasteiger charge is 2.30. The first-order valence-corrected chi connectivity index (χ1v) is 6.75. The van der Waals surface area contributed by atoms with Gasteiger partial charge in [0.15, 0.2) is 0 Å². The minimum Gasteiger partial charge on any atom is -0.480 e. The molecule has 22 heavy (non-hydrogen) atoms. The van der Waals surface area contributed by atoms with Crippen LogP contribution in [-0.2, 0) is 22.2 Å². The summed E-state index contributed by atoms with van der Waals surface area (Å²) in [6.07, 6.45) is -4.55. The summed E-state index contributed by atoms with van der Waals surface area (Å²) < 4.78 is 37.4. The summed E-state index contributed by atoms with van der Waals surface area (Å²) in [5.41, 5.74) is -0.370. The summed E-state index contributed by atoms with van der Waals surface area (Å²) in [6.45, 7) is 3.56. The molecule has 4 nitrogen and oxygen atoms in total. The highest BCUT2D eigenvalue weighted by atomic mass is 19.4. The predicted octanol–water partition coefficient (Wildman–Crippen LogP) is 2.82. The van der Waals surface area contributed by atoms with Gasteiger partial charge in [-0.05, 0) is 23.6 Å².